The summed E-state index contributed by atoms with van der Waals surface area (Å²) in [7, 11) is 0. The van der Waals surface area contributed by atoms with E-state index in [0.717, 1.165) is 6.08 Å². The molecular weight excluding hydrogens is 402 g/mol. The van der Waals surface area contributed by atoms with Crippen LogP contribution in [-0.2, 0) is 9.59 Å². The lowest BCUT2D eigenvalue weighted by Gasteiger charge is -2.29. The molecule has 1 fully saturated rings. The fraction of sp³-hybridized carbons (Fsp3) is 0.0909. The fourth-order valence-corrected chi connectivity index (χ4v) is 3.11. The highest BCUT2D eigenvalue weighted by molar-refractivity contribution is 6.15. The molecule has 0 aliphatic carbocycles. The van der Waals surface area contributed by atoms with Crippen molar-refractivity contribution in [2.75, 3.05) is 13.1 Å². The predicted molar refractivity (Wildman–Crippen MR) is 114 cm³/mol. The van der Waals surface area contributed by atoms with E-state index >= 15 is 0 Å². The largest absolute Gasteiger partial charge is 0.330 e. The first-order valence-electron chi connectivity index (χ1n) is 9.14. The number of carbonyl (C=O) groups excluding carboxylic acids is 2. The molecule has 0 aromatic heterocycles. The number of hydrogen-bond acceptors (Lipinski definition) is 6. The van der Waals surface area contributed by atoms with Crippen molar-refractivity contribution in [3.8, 4) is 0 Å². The maximum absolute atomic E-state index is 13.0. The molecule has 9 nitrogen and oxygen atoms in total. The van der Waals surface area contributed by atoms with E-state index in [1.807, 2.05) is 0 Å². The number of carbonyl (C=O) groups is 2. The summed E-state index contributed by atoms with van der Waals surface area (Å²) < 4.78 is 0. The summed E-state index contributed by atoms with van der Waals surface area (Å²) in [5.74, 6) is -0.624. The number of Topliss-reactive ketones (excluding diaryl/α,β-unsaturated/α-hetero) is 1. The Morgan fingerprint density at radius 2 is 1.23 bits per heavy atom. The zero-order valence-corrected chi connectivity index (χ0v) is 16.3. The molecule has 0 bridgehead atoms. The van der Waals surface area contributed by atoms with Gasteiger partial charge in [-0.1, -0.05) is 6.58 Å². The summed E-state index contributed by atoms with van der Waals surface area (Å²) in [5, 5.41) is 21.6. The van der Waals surface area contributed by atoms with Crippen LogP contribution in [-0.4, -0.2) is 39.5 Å². The molecule has 0 unspecified atom stereocenters. The first kappa shape index (κ1) is 21.3. The molecule has 2 aromatic rings. The number of non-ortho nitro benzene ring substituents is 2. The Balaban J connectivity index is 1.96. The molecule has 0 atom stereocenters. The molecule has 0 radical (unpaired) electrons. The van der Waals surface area contributed by atoms with Crippen molar-refractivity contribution >= 4 is 35.2 Å². The van der Waals surface area contributed by atoms with Gasteiger partial charge in [0, 0.05) is 35.4 Å². The number of nitro groups is 2. The maximum Gasteiger partial charge on any atom is 0.269 e. The minimum Gasteiger partial charge on any atom is -0.330 e. The van der Waals surface area contributed by atoms with Crippen LogP contribution >= 0.6 is 0 Å². The summed E-state index contributed by atoms with van der Waals surface area (Å²) in [6.45, 7) is 3.62. The van der Waals surface area contributed by atoms with Gasteiger partial charge in [0.05, 0.1) is 22.9 Å². The zero-order chi connectivity index (χ0) is 22.5. The normalized spacial score (nSPS) is 16.4. The maximum atomic E-state index is 13.0. The Morgan fingerprint density at radius 3 is 1.55 bits per heavy atom. The number of benzene rings is 2. The van der Waals surface area contributed by atoms with E-state index in [-0.39, 0.29) is 36.2 Å². The molecule has 1 saturated heterocycles. The Labute approximate surface area is 176 Å². The van der Waals surface area contributed by atoms with Gasteiger partial charge in [-0.3, -0.25) is 29.8 Å². The number of nitro benzene ring substituents is 2. The van der Waals surface area contributed by atoms with Crippen molar-refractivity contribution in [1.29, 1.82) is 0 Å². The molecular formula is C22H17N3O6. The third kappa shape index (κ3) is 4.96. The van der Waals surface area contributed by atoms with E-state index in [2.05, 4.69) is 6.58 Å². The van der Waals surface area contributed by atoms with Gasteiger partial charge in [0.2, 0.25) is 5.91 Å². The molecule has 2 aromatic carbocycles. The highest BCUT2D eigenvalue weighted by Gasteiger charge is 2.28. The summed E-state index contributed by atoms with van der Waals surface area (Å²) in [4.78, 5) is 47.3. The molecule has 0 saturated carbocycles. The van der Waals surface area contributed by atoms with Crippen LogP contribution in [0.25, 0.3) is 12.2 Å². The van der Waals surface area contributed by atoms with Crippen molar-refractivity contribution in [2.24, 2.45) is 0 Å². The van der Waals surface area contributed by atoms with Crippen LogP contribution in [0.3, 0.4) is 0 Å². The topological polar surface area (TPSA) is 124 Å². The molecule has 9 heteroatoms. The van der Waals surface area contributed by atoms with Gasteiger partial charge in [-0.15, -0.1) is 0 Å². The van der Waals surface area contributed by atoms with E-state index in [1.54, 1.807) is 12.2 Å². The number of hydrogen-bond donors (Lipinski definition) is 0. The van der Waals surface area contributed by atoms with Crippen molar-refractivity contribution < 1.29 is 19.4 Å². The molecule has 31 heavy (non-hydrogen) atoms. The lowest BCUT2D eigenvalue weighted by Crippen LogP contribution is -2.40. The van der Waals surface area contributed by atoms with Crippen molar-refractivity contribution in [3.05, 3.63) is 104 Å². The van der Waals surface area contributed by atoms with E-state index in [9.17, 15) is 29.8 Å². The summed E-state index contributed by atoms with van der Waals surface area (Å²) in [6.07, 6.45) is 4.32. The van der Waals surface area contributed by atoms with Gasteiger partial charge in [-0.25, -0.2) is 0 Å². The second-order valence-electron chi connectivity index (χ2n) is 6.76. The highest BCUT2D eigenvalue weighted by atomic mass is 16.6. The lowest BCUT2D eigenvalue weighted by atomic mass is 9.94. The SMILES string of the molecule is C=CC(=O)N1C/C(=C/c2ccc([N+](=O)[O-])cc2)C(=O)/C(=C\c2ccc([N+](=O)[O-])cc2)C1. The molecule has 0 spiro atoms. The number of piperidine rings is 1. The van der Waals surface area contributed by atoms with Gasteiger partial charge < -0.3 is 4.90 Å². The Morgan fingerprint density at radius 1 is 0.839 bits per heavy atom. The van der Waals surface area contributed by atoms with Crippen LogP contribution in [0.2, 0.25) is 0 Å². The van der Waals surface area contributed by atoms with Crippen LogP contribution in [0.4, 0.5) is 11.4 Å². The third-order valence-corrected chi connectivity index (χ3v) is 4.68. The molecule has 1 aliphatic heterocycles. The quantitative estimate of drug-likeness (QED) is 0.415. The Hall–Kier alpha value is -4.40. The van der Waals surface area contributed by atoms with Gasteiger partial charge in [0.25, 0.3) is 11.4 Å². The van der Waals surface area contributed by atoms with Gasteiger partial charge in [-0.2, -0.15) is 0 Å². The molecule has 1 heterocycles. The molecule has 3 rings (SSSR count). The molecule has 1 amide bonds. The summed E-state index contributed by atoms with van der Waals surface area (Å²) in [6, 6.07) is 11.4. The zero-order valence-electron chi connectivity index (χ0n) is 16.3. The first-order valence-corrected chi connectivity index (χ1v) is 9.14. The van der Waals surface area contributed by atoms with E-state index in [4.69, 9.17) is 0 Å². The lowest BCUT2D eigenvalue weighted by molar-refractivity contribution is -0.385. The standard InChI is InChI=1S/C22H17N3O6/c1-2-21(26)23-13-17(11-15-3-7-19(8-4-15)24(28)29)22(27)18(14-23)12-16-5-9-20(10-6-16)25(30)31/h2-12H,1,13-14H2/b17-11-,18-12-. The number of ketones is 1. The van der Waals surface area contributed by atoms with Crippen LogP contribution in [0.1, 0.15) is 11.1 Å². The third-order valence-electron chi connectivity index (χ3n) is 4.68. The molecule has 156 valence electrons. The van der Waals surface area contributed by atoms with E-state index in [0.29, 0.717) is 22.3 Å². The fourth-order valence-electron chi connectivity index (χ4n) is 3.11. The van der Waals surface area contributed by atoms with Crippen LogP contribution in [0.15, 0.2) is 72.3 Å². The molecule has 1 aliphatic rings. The van der Waals surface area contributed by atoms with E-state index in [1.165, 1.54) is 53.4 Å². The monoisotopic (exact) mass is 419 g/mol. The van der Waals surface area contributed by atoms with Crippen molar-refractivity contribution in [1.82, 2.24) is 4.90 Å². The van der Waals surface area contributed by atoms with Crippen LogP contribution < -0.4 is 0 Å². The van der Waals surface area contributed by atoms with Crippen LogP contribution in [0, 0.1) is 20.2 Å². The number of rotatable bonds is 5. The minimum atomic E-state index is -0.516. The summed E-state index contributed by atoms with van der Waals surface area (Å²) in [5.41, 5.74) is 1.69. The highest BCUT2D eigenvalue weighted by Crippen LogP contribution is 2.24. The van der Waals surface area contributed by atoms with Gasteiger partial charge in [0.1, 0.15) is 0 Å². The number of likely N-dealkylation sites (tertiary alicyclic amines) is 1. The Bertz CT molecular complexity index is 1050. The second kappa shape index (κ2) is 8.95. The number of amides is 1. The van der Waals surface area contributed by atoms with Crippen molar-refractivity contribution in [2.45, 2.75) is 0 Å². The average Bonchev–Trinajstić information content (AvgIpc) is 2.76. The number of nitrogens with zero attached hydrogens (tertiary/aromatic N) is 3. The smallest absolute Gasteiger partial charge is 0.269 e. The minimum absolute atomic E-state index is 0.0677. The first-order chi connectivity index (χ1) is 14.8. The predicted octanol–water partition coefficient (Wildman–Crippen LogP) is 3.57. The van der Waals surface area contributed by atoms with Gasteiger partial charge in [0.15, 0.2) is 5.78 Å². The van der Waals surface area contributed by atoms with Crippen LogP contribution in [0.5, 0.6) is 0 Å². The average molecular weight is 419 g/mol. The molecule has 0 N–H and O–H groups in total. The van der Waals surface area contributed by atoms with E-state index < -0.39 is 9.85 Å². The van der Waals surface area contributed by atoms with Gasteiger partial charge >= 0.3 is 0 Å². The van der Waals surface area contributed by atoms with Gasteiger partial charge in [-0.05, 0) is 53.6 Å². The summed E-state index contributed by atoms with van der Waals surface area (Å²) >= 11 is 0. The Kier molecular flexibility index (Phi) is 6.15. The second-order valence-corrected chi connectivity index (χ2v) is 6.76. The van der Waals surface area contributed by atoms with Crippen molar-refractivity contribution in [3.63, 3.8) is 0 Å².